The molecule has 0 aromatic carbocycles. The molecule has 0 amide bonds. The lowest BCUT2D eigenvalue weighted by Crippen LogP contribution is -2.25. The molecule has 0 aliphatic heterocycles. The molecule has 1 nitrogen and oxygen atoms in total. The molecule has 0 saturated heterocycles. The van der Waals surface area contributed by atoms with Gasteiger partial charge in [0.05, 0.1) is 0 Å². The number of allylic oxidation sites excluding steroid dienone is 4. The molecule has 0 N–H and O–H groups in total. The second-order valence-corrected chi connectivity index (χ2v) is 7.26. The maximum atomic E-state index is 12.7. The van der Waals surface area contributed by atoms with Gasteiger partial charge in [-0.05, 0) is 68.3 Å². The SMILES string of the molecule is CCCC1CCC(C2CCC(/C=C/C=C(\F)C#N)CC2)CC1. The van der Waals surface area contributed by atoms with Crippen molar-refractivity contribution in [3.8, 4) is 6.07 Å². The van der Waals surface area contributed by atoms with E-state index < -0.39 is 5.83 Å². The first kappa shape index (κ1) is 17.3. The van der Waals surface area contributed by atoms with Gasteiger partial charge < -0.3 is 0 Å². The van der Waals surface area contributed by atoms with Crippen LogP contribution in [0, 0.1) is 35.0 Å². The average molecular weight is 303 g/mol. The molecule has 2 fully saturated rings. The number of hydrogen-bond acceptors (Lipinski definition) is 1. The highest BCUT2D eigenvalue weighted by Gasteiger charge is 2.29. The second-order valence-electron chi connectivity index (χ2n) is 7.26. The molecule has 2 heteroatoms. The molecular weight excluding hydrogens is 273 g/mol. The molecule has 0 unspecified atom stereocenters. The van der Waals surface area contributed by atoms with Crippen LogP contribution in [-0.4, -0.2) is 0 Å². The van der Waals surface area contributed by atoms with Gasteiger partial charge in [0.15, 0.2) is 5.83 Å². The number of nitrogens with zero attached hydrogens (tertiary/aromatic N) is 1. The number of rotatable bonds is 5. The van der Waals surface area contributed by atoms with Crippen molar-refractivity contribution in [2.45, 2.75) is 71.1 Å². The molecular formula is C20H30FN. The van der Waals surface area contributed by atoms with Crippen LogP contribution < -0.4 is 0 Å². The lowest BCUT2D eigenvalue weighted by Gasteiger charge is -2.37. The van der Waals surface area contributed by atoms with Crippen LogP contribution in [0.2, 0.25) is 0 Å². The quantitative estimate of drug-likeness (QED) is 0.430. The molecule has 0 spiro atoms. The van der Waals surface area contributed by atoms with Gasteiger partial charge >= 0.3 is 0 Å². The lowest BCUT2D eigenvalue weighted by atomic mass is 9.69. The van der Waals surface area contributed by atoms with Crippen LogP contribution in [0.5, 0.6) is 0 Å². The fraction of sp³-hybridized carbons (Fsp3) is 0.750. The summed E-state index contributed by atoms with van der Waals surface area (Å²) in [6, 6.07) is 1.51. The Morgan fingerprint density at radius 3 is 2.18 bits per heavy atom. The second kappa shape index (κ2) is 9.13. The number of halogens is 1. The van der Waals surface area contributed by atoms with Crippen LogP contribution in [0.4, 0.5) is 4.39 Å². The van der Waals surface area contributed by atoms with E-state index >= 15 is 0 Å². The van der Waals surface area contributed by atoms with E-state index in [0.717, 1.165) is 17.8 Å². The van der Waals surface area contributed by atoms with E-state index in [0.29, 0.717) is 5.92 Å². The third kappa shape index (κ3) is 5.27. The predicted octanol–water partition coefficient (Wildman–Crippen LogP) is 6.33. The van der Waals surface area contributed by atoms with Crippen LogP contribution in [-0.2, 0) is 0 Å². The predicted molar refractivity (Wildman–Crippen MR) is 89.7 cm³/mol. The number of nitriles is 1. The molecule has 0 atom stereocenters. The van der Waals surface area contributed by atoms with Gasteiger partial charge in [-0.2, -0.15) is 9.65 Å². The average Bonchev–Trinajstić information content (AvgIpc) is 2.56. The van der Waals surface area contributed by atoms with Crippen molar-refractivity contribution in [3.63, 3.8) is 0 Å². The summed E-state index contributed by atoms with van der Waals surface area (Å²) in [7, 11) is 0. The molecule has 2 aliphatic rings. The van der Waals surface area contributed by atoms with Crippen molar-refractivity contribution in [1.82, 2.24) is 0 Å². The highest BCUT2D eigenvalue weighted by atomic mass is 19.1. The normalized spacial score (nSPS) is 33.8. The van der Waals surface area contributed by atoms with Crippen molar-refractivity contribution in [2.75, 3.05) is 0 Å². The van der Waals surface area contributed by atoms with E-state index in [4.69, 9.17) is 5.26 Å². The number of hydrogen-bond donors (Lipinski definition) is 0. The van der Waals surface area contributed by atoms with Crippen LogP contribution in [0.25, 0.3) is 0 Å². The van der Waals surface area contributed by atoms with E-state index in [1.165, 1.54) is 76.4 Å². The zero-order valence-electron chi connectivity index (χ0n) is 13.9. The minimum absolute atomic E-state index is 0.579. The smallest absolute Gasteiger partial charge is 0.195 e. The van der Waals surface area contributed by atoms with Crippen LogP contribution in [0.15, 0.2) is 24.1 Å². The Morgan fingerprint density at radius 1 is 1.05 bits per heavy atom. The standard InChI is InChI=1S/C20H30FN/c1-2-4-16-7-11-18(12-8-16)19-13-9-17(10-14-19)5-3-6-20(21)15-22/h3,5-6,16-19H,2,4,7-14H2,1H3/b5-3+,20-6-. The van der Waals surface area contributed by atoms with E-state index in [1.807, 2.05) is 0 Å². The van der Waals surface area contributed by atoms with Crippen LogP contribution >= 0.6 is 0 Å². The Morgan fingerprint density at radius 2 is 1.64 bits per heavy atom. The van der Waals surface area contributed by atoms with E-state index in [1.54, 1.807) is 6.08 Å². The summed E-state index contributed by atoms with van der Waals surface area (Å²) >= 11 is 0. The topological polar surface area (TPSA) is 23.8 Å². The summed E-state index contributed by atoms with van der Waals surface area (Å²) < 4.78 is 12.7. The molecule has 22 heavy (non-hydrogen) atoms. The molecule has 0 radical (unpaired) electrons. The van der Waals surface area contributed by atoms with E-state index in [9.17, 15) is 4.39 Å². The first-order chi connectivity index (χ1) is 10.7. The zero-order valence-corrected chi connectivity index (χ0v) is 13.9. The van der Waals surface area contributed by atoms with Gasteiger partial charge in [0, 0.05) is 0 Å². The summed E-state index contributed by atoms with van der Waals surface area (Å²) in [4.78, 5) is 0. The van der Waals surface area contributed by atoms with Crippen molar-refractivity contribution >= 4 is 0 Å². The Bertz CT molecular complexity index is 415. The molecule has 2 saturated carbocycles. The zero-order chi connectivity index (χ0) is 15.8. The maximum absolute atomic E-state index is 12.7. The summed E-state index contributed by atoms with van der Waals surface area (Å²) in [6.07, 6.45) is 18.8. The Balaban J connectivity index is 1.71. The fourth-order valence-corrected chi connectivity index (χ4v) is 4.50. The summed E-state index contributed by atoms with van der Waals surface area (Å²) in [6.45, 7) is 2.30. The molecule has 122 valence electrons. The van der Waals surface area contributed by atoms with Crippen molar-refractivity contribution in [1.29, 1.82) is 5.26 Å². The van der Waals surface area contributed by atoms with Gasteiger partial charge in [-0.3, -0.25) is 0 Å². The van der Waals surface area contributed by atoms with Crippen molar-refractivity contribution < 1.29 is 4.39 Å². The minimum atomic E-state index is -0.700. The summed E-state index contributed by atoms with van der Waals surface area (Å²) in [5.74, 6) is 2.78. The first-order valence-corrected chi connectivity index (χ1v) is 9.17. The molecule has 0 aromatic rings. The minimum Gasteiger partial charge on any atom is -0.195 e. The molecule has 0 bridgehead atoms. The van der Waals surface area contributed by atoms with Crippen molar-refractivity contribution in [2.24, 2.45) is 23.7 Å². The highest BCUT2D eigenvalue weighted by molar-refractivity contribution is 5.19. The Kier molecular flexibility index (Phi) is 7.16. The van der Waals surface area contributed by atoms with Gasteiger partial charge in [-0.1, -0.05) is 44.8 Å². The largest absolute Gasteiger partial charge is 0.199 e. The van der Waals surface area contributed by atoms with Crippen molar-refractivity contribution in [3.05, 3.63) is 24.1 Å². The summed E-state index contributed by atoms with van der Waals surface area (Å²) in [5.41, 5.74) is 0. The highest BCUT2D eigenvalue weighted by Crippen LogP contribution is 2.42. The van der Waals surface area contributed by atoms with Gasteiger partial charge in [0.1, 0.15) is 6.07 Å². The van der Waals surface area contributed by atoms with E-state index in [2.05, 4.69) is 13.0 Å². The molecule has 2 aliphatic carbocycles. The Hall–Kier alpha value is -1.10. The van der Waals surface area contributed by atoms with Crippen LogP contribution in [0.3, 0.4) is 0 Å². The Labute approximate surface area is 135 Å². The van der Waals surface area contributed by atoms with Gasteiger partial charge in [0.2, 0.25) is 0 Å². The summed E-state index contributed by atoms with van der Waals surface area (Å²) in [5, 5.41) is 8.38. The van der Waals surface area contributed by atoms with E-state index in [-0.39, 0.29) is 0 Å². The fourth-order valence-electron chi connectivity index (χ4n) is 4.50. The third-order valence-electron chi connectivity index (χ3n) is 5.80. The van der Waals surface area contributed by atoms with Gasteiger partial charge in [-0.15, -0.1) is 0 Å². The van der Waals surface area contributed by atoms with Gasteiger partial charge in [0.25, 0.3) is 0 Å². The lowest BCUT2D eigenvalue weighted by molar-refractivity contribution is 0.152. The van der Waals surface area contributed by atoms with Crippen LogP contribution in [0.1, 0.15) is 71.1 Å². The van der Waals surface area contributed by atoms with Gasteiger partial charge in [-0.25, -0.2) is 0 Å². The third-order valence-corrected chi connectivity index (χ3v) is 5.80. The molecule has 0 heterocycles. The maximum Gasteiger partial charge on any atom is 0.199 e. The molecule has 0 aromatic heterocycles. The monoisotopic (exact) mass is 303 g/mol. The molecule has 2 rings (SSSR count). The first-order valence-electron chi connectivity index (χ1n) is 9.17.